The lowest BCUT2D eigenvalue weighted by atomic mass is 10.2. The van der Waals surface area contributed by atoms with Crippen molar-refractivity contribution in [3.05, 3.63) is 0 Å². The quantitative estimate of drug-likeness (QED) is 0.691. The number of nitrogens with zero attached hydrogens (tertiary/aromatic N) is 2. The standard InChI is InChI=1S/C10H17F3N2/c1-3-15(8-9(2)7-14)6-4-5-10(11,12)13/h9H,3-6,8H2,1-2H3. The number of alkyl halides is 3. The van der Waals surface area contributed by atoms with Gasteiger partial charge in [0.15, 0.2) is 0 Å². The molecule has 0 heterocycles. The highest BCUT2D eigenvalue weighted by atomic mass is 19.4. The van der Waals surface area contributed by atoms with E-state index in [1.165, 1.54) is 0 Å². The maximum Gasteiger partial charge on any atom is 0.389 e. The Hall–Kier alpha value is -0.760. The third-order valence-corrected chi connectivity index (χ3v) is 2.13. The predicted molar refractivity (Wildman–Crippen MR) is 52.2 cm³/mol. The van der Waals surface area contributed by atoms with Gasteiger partial charge in [0.25, 0.3) is 0 Å². The van der Waals surface area contributed by atoms with Crippen molar-refractivity contribution in [2.24, 2.45) is 5.92 Å². The van der Waals surface area contributed by atoms with E-state index in [-0.39, 0.29) is 12.3 Å². The Morgan fingerprint density at radius 1 is 1.40 bits per heavy atom. The molecule has 1 unspecified atom stereocenters. The predicted octanol–water partition coefficient (Wildman–Crippen LogP) is 2.81. The summed E-state index contributed by atoms with van der Waals surface area (Å²) in [5.74, 6) is -0.129. The van der Waals surface area contributed by atoms with Crippen molar-refractivity contribution in [1.29, 1.82) is 5.26 Å². The van der Waals surface area contributed by atoms with Gasteiger partial charge < -0.3 is 4.90 Å². The first-order chi connectivity index (χ1) is 6.89. The zero-order valence-electron chi connectivity index (χ0n) is 9.14. The Morgan fingerprint density at radius 2 is 2.00 bits per heavy atom. The lowest BCUT2D eigenvalue weighted by Gasteiger charge is -2.21. The van der Waals surface area contributed by atoms with Crippen LogP contribution in [-0.2, 0) is 0 Å². The fourth-order valence-corrected chi connectivity index (χ4v) is 1.31. The van der Waals surface area contributed by atoms with E-state index in [2.05, 4.69) is 6.07 Å². The van der Waals surface area contributed by atoms with Crippen molar-refractivity contribution in [2.75, 3.05) is 19.6 Å². The Bertz CT molecular complexity index is 208. The van der Waals surface area contributed by atoms with Crippen molar-refractivity contribution in [3.8, 4) is 6.07 Å². The Balaban J connectivity index is 3.77. The van der Waals surface area contributed by atoms with Crippen LogP contribution in [0.4, 0.5) is 13.2 Å². The lowest BCUT2D eigenvalue weighted by molar-refractivity contribution is -0.136. The fraction of sp³-hybridized carbons (Fsp3) is 0.900. The zero-order chi connectivity index (χ0) is 11.9. The van der Waals surface area contributed by atoms with E-state index in [0.717, 1.165) is 0 Å². The van der Waals surface area contributed by atoms with Crippen LogP contribution in [0.2, 0.25) is 0 Å². The minimum Gasteiger partial charge on any atom is -0.302 e. The van der Waals surface area contributed by atoms with Crippen molar-refractivity contribution >= 4 is 0 Å². The SMILES string of the molecule is CCN(CCCC(F)(F)F)CC(C)C#N. The second kappa shape index (κ2) is 6.67. The highest BCUT2D eigenvalue weighted by molar-refractivity contribution is 4.81. The molecule has 0 fully saturated rings. The molecule has 1 atom stereocenters. The van der Waals surface area contributed by atoms with Gasteiger partial charge in [0.1, 0.15) is 0 Å². The molecule has 0 aromatic heterocycles. The third-order valence-electron chi connectivity index (χ3n) is 2.13. The van der Waals surface area contributed by atoms with Gasteiger partial charge in [-0.25, -0.2) is 0 Å². The molecule has 2 nitrogen and oxygen atoms in total. The number of hydrogen-bond acceptors (Lipinski definition) is 2. The van der Waals surface area contributed by atoms with Gasteiger partial charge in [-0.3, -0.25) is 0 Å². The van der Waals surface area contributed by atoms with Crippen molar-refractivity contribution in [3.63, 3.8) is 0 Å². The van der Waals surface area contributed by atoms with Gasteiger partial charge in [-0.15, -0.1) is 0 Å². The first kappa shape index (κ1) is 14.2. The van der Waals surface area contributed by atoms with Gasteiger partial charge in [0.05, 0.1) is 12.0 Å². The summed E-state index contributed by atoms with van der Waals surface area (Å²) in [5.41, 5.74) is 0. The summed E-state index contributed by atoms with van der Waals surface area (Å²) in [6.07, 6.45) is -4.71. The molecule has 0 spiro atoms. The van der Waals surface area contributed by atoms with Crippen molar-refractivity contribution in [1.82, 2.24) is 4.90 Å². The average molecular weight is 222 g/mol. The molecular weight excluding hydrogens is 205 g/mol. The topological polar surface area (TPSA) is 27.0 Å². The molecule has 0 rings (SSSR count). The van der Waals surface area contributed by atoms with Gasteiger partial charge in [-0.05, 0) is 26.4 Å². The molecule has 0 N–H and O–H groups in total. The van der Waals surface area contributed by atoms with Crippen molar-refractivity contribution in [2.45, 2.75) is 32.9 Å². The van der Waals surface area contributed by atoms with Crippen LogP contribution < -0.4 is 0 Å². The molecule has 0 saturated heterocycles. The molecule has 0 aliphatic heterocycles. The van der Waals surface area contributed by atoms with Gasteiger partial charge in [-0.1, -0.05) is 6.92 Å². The van der Waals surface area contributed by atoms with Gasteiger partial charge in [0, 0.05) is 13.0 Å². The lowest BCUT2D eigenvalue weighted by Crippen LogP contribution is -2.29. The van der Waals surface area contributed by atoms with Crippen LogP contribution >= 0.6 is 0 Å². The molecule has 5 heteroatoms. The van der Waals surface area contributed by atoms with Crippen LogP contribution in [0.5, 0.6) is 0 Å². The minimum absolute atomic E-state index is 0.107. The van der Waals surface area contributed by atoms with E-state index in [1.807, 2.05) is 11.8 Å². The average Bonchev–Trinajstić information content (AvgIpc) is 2.14. The summed E-state index contributed by atoms with van der Waals surface area (Å²) in [4.78, 5) is 1.87. The molecule has 15 heavy (non-hydrogen) atoms. The summed E-state index contributed by atoms with van der Waals surface area (Å²) in [5, 5.41) is 8.58. The summed E-state index contributed by atoms with van der Waals surface area (Å²) < 4.78 is 35.6. The van der Waals surface area contributed by atoms with E-state index in [4.69, 9.17) is 5.26 Å². The Morgan fingerprint density at radius 3 is 2.40 bits per heavy atom. The molecule has 0 aromatic carbocycles. The fourth-order valence-electron chi connectivity index (χ4n) is 1.31. The van der Waals surface area contributed by atoms with E-state index in [0.29, 0.717) is 19.6 Å². The van der Waals surface area contributed by atoms with Crippen LogP contribution in [-0.4, -0.2) is 30.7 Å². The number of rotatable bonds is 6. The van der Waals surface area contributed by atoms with Gasteiger partial charge >= 0.3 is 6.18 Å². The van der Waals surface area contributed by atoms with Crippen molar-refractivity contribution < 1.29 is 13.2 Å². The monoisotopic (exact) mass is 222 g/mol. The summed E-state index contributed by atoms with van der Waals surface area (Å²) in [7, 11) is 0. The highest BCUT2D eigenvalue weighted by Crippen LogP contribution is 2.21. The van der Waals surface area contributed by atoms with E-state index in [9.17, 15) is 13.2 Å². The van der Waals surface area contributed by atoms with E-state index in [1.54, 1.807) is 6.92 Å². The Labute approximate surface area is 88.7 Å². The molecular formula is C10H17F3N2. The first-order valence-corrected chi connectivity index (χ1v) is 5.07. The van der Waals surface area contributed by atoms with E-state index >= 15 is 0 Å². The second-order valence-electron chi connectivity index (χ2n) is 3.64. The van der Waals surface area contributed by atoms with Crippen LogP contribution in [0.25, 0.3) is 0 Å². The van der Waals surface area contributed by atoms with Gasteiger partial charge in [0.2, 0.25) is 0 Å². The number of nitriles is 1. The molecule has 88 valence electrons. The van der Waals surface area contributed by atoms with E-state index < -0.39 is 12.6 Å². The molecule has 0 amide bonds. The normalized spacial score (nSPS) is 13.9. The summed E-state index contributed by atoms with van der Waals surface area (Å²) >= 11 is 0. The largest absolute Gasteiger partial charge is 0.389 e. The zero-order valence-corrected chi connectivity index (χ0v) is 9.14. The third kappa shape index (κ3) is 8.25. The number of hydrogen-bond donors (Lipinski definition) is 0. The highest BCUT2D eigenvalue weighted by Gasteiger charge is 2.26. The first-order valence-electron chi connectivity index (χ1n) is 5.07. The maximum atomic E-state index is 11.9. The number of halogens is 3. The molecule has 0 saturated carbocycles. The van der Waals surface area contributed by atoms with Crippen LogP contribution in [0.15, 0.2) is 0 Å². The molecule has 0 radical (unpaired) electrons. The van der Waals surface area contributed by atoms with Crippen LogP contribution in [0.3, 0.4) is 0 Å². The van der Waals surface area contributed by atoms with Gasteiger partial charge in [-0.2, -0.15) is 18.4 Å². The molecule has 0 aliphatic carbocycles. The Kier molecular flexibility index (Phi) is 6.34. The minimum atomic E-state index is -4.07. The smallest absolute Gasteiger partial charge is 0.302 e. The summed E-state index contributed by atoms with van der Waals surface area (Å²) in [6, 6.07) is 2.07. The summed E-state index contributed by atoms with van der Waals surface area (Å²) in [6.45, 7) is 5.29. The molecule has 0 aliphatic rings. The molecule has 0 aromatic rings. The second-order valence-corrected chi connectivity index (χ2v) is 3.64. The maximum absolute atomic E-state index is 11.9. The molecule has 0 bridgehead atoms. The van der Waals surface area contributed by atoms with Crippen LogP contribution in [0.1, 0.15) is 26.7 Å². The van der Waals surface area contributed by atoms with Crippen LogP contribution in [0, 0.1) is 17.2 Å².